The summed E-state index contributed by atoms with van der Waals surface area (Å²) in [6.45, 7) is 1.99. The van der Waals surface area contributed by atoms with Crippen LogP contribution in [0.5, 0.6) is 0 Å². The molecule has 6 heteroatoms. The maximum atomic E-state index is 12.1. The van der Waals surface area contributed by atoms with Crippen molar-refractivity contribution in [1.82, 2.24) is 4.90 Å². The first-order chi connectivity index (χ1) is 10.9. The van der Waals surface area contributed by atoms with Crippen molar-refractivity contribution in [3.63, 3.8) is 0 Å². The van der Waals surface area contributed by atoms with E-state index in [0.717, 1.165) is 20.5 Å². The van der Waals surface area contributed by atoms with Gasteiger partial charge in [0.15, 0.2) is 0 Å². The first-order valence-corrected chi connectivity index (χ1v) is 8.18. The first-order valence-electron chi connectivity index (χ1n) is 6.99. The number of anilines is 1. The molecule has 1 heterocycles. The Morgan fingerprint density at radius 2 is 1.91 bits per heavy atom. The minimum Gasteiger partial charge on any atom is -0.337 e. The number of halogens is 1. The highest BCUT2D eigenvalue weighted by Crippen LogP contribution is 2.22. The van der Waals surface area contributed by atoms with Gasteiger partial charge in [0.1, 0.15) is 0 Å². The van der Waals surface area contributed by atoms with Crippen molar-refractivity contribution in [2.45, 2.75) is 13.5 Å². The predicted molar refractivity (Wildman–Crippen MR) is 95.6 cm³/mol. The number of benzene rings is 1. The van der Waals surface area contributed by atoms with E-state index in [1.54, 1.807) is 30.2 Å². The number of nitrogens with zero attached hydrogens (tertiary/aromatic N) is 1. The van der Waals surface area contributed by atoms with Gasteiger partial charge in [0.2, 0.25) is 11.8 Å². The van der Waals surface area contributed by atoms with Crippen LogP contribution < -0.4 is 5.32 Å². The molecule has 1 aromatic carbocycles. The molecule has 0 saturated carbocycles. The Labute approximate surface area is 144 Å². The number of hydrogen-bond acceptors (Lipinski definition) is 3. The normalized spacial score (nSPS) is 10.7. The van der Waals surface area contributed by atoms with Gasteiger partial charge in [0.05, 0.1) is 10.9 Å². The summed E-state index contributed by atoms with van der Waals surface area (Å²) in [5.41, 5.74) is 1.62. The molecular formula is C17H17ClN2O2S. The van der Waals surface area contributed by atoms with Gasteiger partial charge in [0, 0.05) is 30.6 Å². The second-order valence-corrected chi connectivity index (χ2v) is 6.84. The molecule has 0 atom stereocenters. The van der Waals surface area contributed by atoms with Crippen molar-refractivity contribution in [3.05, 3.63) is 57.3 Å². The number of amides is 2. The van der Waals surface area contributed by atoms with Crippen LogP contribution in [0.25, 0.3) is 6.08 Å². The van der Waals surface area contributed by atoms with Crippen LogP contribution in [-0.4, -0.2) is 23.8 Å². The third-order valence-corrected chi connectivity index (χ3v) is 4.26. The van der Waals surface area contributed by atoms with Gasteiger partial charge < -0.3 is 10.2 Å². The second kappa shape index (κ2) is 7.94. The number of carbonyl (C=O) groups excluding carboxylic acids is 2. The van der Waals surface area contributed by atoms with E-state index < -0.39 is 0 Å². The number of likely N-dealkylation sites (N-methyl/N-ethyl adjacent to an activating group) is 1. The molecule has 4 nitrogen and oxygen atoms in total. The lowest BCUT2D eigenvalue weighted by Gasteiger charge is -2.13. The fourth-order valence-electron chi connectivity index (χ4n) is 1.92. The van der Waals surface area contributed by atoms with E-state index in [-0.39, 0.29) is 11.8 Å². The molecule has 0 unspecified atom stereocenters. The van der Waals surface area contributed by atoms with Crippen LogP contribution in [0.2, 0.25) is 4.34 Å². The van der Waals surface area contributed by atoms with Gasteiger partial charge in [-0.25, -0.2) is 0 Å². The van der Waals surface area contributed by atoms with Crippen molar-refractivity contribution in [3.8, 4) is 0 Å². The van der Waals surface area contributed by atoms with Gasteiger partial charge in [0.25, 0.3) is 0 Å². The molecule has 0 aliphatic carbocycles. The molecule has 0 bridgehead atoms. The number of carbonyl (C=O) groups is 2. The molecule has 2 aromatic rings. The summed E-state index contributed by atoms with van der Waals surface area (Å²) in [7, 11) is 1.75. The summed E-state index contributed by atoms with van der Waals surface area (Å²) in [6, 6.07) is 11.0. The van der Waals surface area contributed by atoms with E-state index in [1.165, 1.54) is 24.3 Å². The van der Waals surface area contributed by atoms with Gasteiger partial charge in [-0.1, -0.05) is 23.7 Å². The summed E-state index contributed by atoms with van der Waals surface area (Å²) >= 11 is 7.35. The predicted octanol–water partition coefficient (Wildman–Crippen LogP) is 4.03. The minimum absolute atomic E-state index is 0.0829. The lowest BCUT2D eigenvalue weighted by Crippen LogP contribution is -2.23. The van der Waals surface area contributed by atoms with Crippen molar-refractivity contribution >= 4 is 46.5 Å². The zero-order chi connectivity index (χ0) is 16.8. The molecule has 1 aromatic heterocycles. The molecule has 2 amide bonds. The molecule has 0 spiro atoms. The molecule has 0 radical (unpaired) electrons. The second-order valence-electron chi connectivity index (χ2n) is 5.04. The largest absolute Gasteiger partial charge is 0.337 e. The fraction of sp³-hybridized carbons (Fsp3) is 0.176. The maximum Gasteiger partial charge on any atom is 0.246 e. The summed E-state index contributed by atoms with van der Waals surface area (Å²) in [5.74, 6) is -0.195. The van der Waals surface area contributed by atoms with Gasteiger partial charge in [-0.3, -0.25) is 9.59 Å². The molecule has 2 rings (SSSR count). The zero-order valence-corrected chi connectivity index (χ0v) is 14.4. The molecular weight excluding hydrogens is 332 g/mol. The van der Waals surface area contributed by atoms with Crippen LogP contribution in [-0.2, 0) is 16.1 Å². The van der Waals surface area contributed by atoms with Crippen molar-refractivity contribution in [2.24, 2.45) is 0 Å². The Kier molecular flexibility index (Phi) is 5.96. The third kappa shape index (κ3) is 5.54. The number of rotatable bonds is 5. The monoisotopic (exact) mass is 348 g/mol. The van der Waals surface area contributed by atoms with Gasteiger partial charge >= 0.3 is 0 Å². The Balaban J connectivity index is 1.93. The van der Waals surface area contributed by atoms with E-state index >= 15 is 0 Å². The highest BCUT2D eigenvalue weighted by atomic mass is 35.5. The van der Waals surface area contributed by atoms with E-state index in [1.807, 2.05) is 24.3 Å². The lowest BCUT2D eigenvalue weighted by molar-refractivity contribution is -0.125. The van der Waals surface area contributed by atoms with Crippen LogP contribution in [0, 0.1) is 0 Å². The Morgan fingerprint density at radius 1 is 1.22 bits per heavy atom. The summed E-state index contributed by atoms with van der Waals surface area (Å²) in [4.78, 5) is 25.7. The van der Waals surface area contributed by atoms with Crippen LogP contribution in [0.15, 0.2) is 42.5 Å². The first kappa shape index (κ1) is 17.2. The highest BCUT2D eigenvalue weighted by Gasteiger charge is 2.07. The molecule has 1 N–H and O–H groups in total. The minimum atomic E-state index is -0.112. The number of thiophene rings is 1. The number of nitrogens with one attached hydrogen (secondary N) is 1. The average molecular weight is 349 g/mol. The Morgan fingerprint density at radius 3 is 2.48 bits per heavy atom. The Bertz CT molecular complexity index is 722. The summed E-state index contributed by atoms with van der Waals surface area (Å²) in [6.07, 6.45) is 3.28. The van der Waals surface area contributed by atoms with Crippen LogP contribution in [0.1, 0.15) is 17.4 Å². The molecule has 0 saturated heterocycles. The summed E-state index contributed by atoms with van der Waals surface area (Å²) < 4.78 is 0.718. The quantitative estimate of drug-likeness (QED) is 0.829. The van der Waals surface area contributed by atoms with Crippen molar-refractivity contribution < 1.29 is 9.59 Å². The molecule has 0 aliphatic rings. The topological polar surface area (TPSA) is 49.4 Å². The fourth-order valence-corrected chi connectivity index (χ4v) is 3.07. The zero-order valence-electron chi connectivity index (χ0n) is 12.9. The van der Waals surface area contributed by atoms with Crippen LogP contribution in [0.3, 0.4) is 0 Å². The van der Waals surface area contributed by atoms with E-state index in [0.29, 0.717) is 6.54 Å². The SMILES string of the molecule is CC(=O)Nc1ccc(/C=C/C(=O)N(C)Cc2ccc(Cl)s2)cc1. The van der Waals surface area contributed by atoms with E-state index in [2.05, 4.69) is 5.32 Å². The summed E-state index contributed by atoms with van der Waals surface area (Å²) in [5, 5.41) is 2.70. The standard InChI is InChI=1S/C17H17ClN2O2S/c1-12(21)19-14-6-3-13(4-7-14)5-10-17(22)20(2)11-15-8-9-16(18)23-15/h3-10H,11H2,1-2H3,(H,19,21)/b10-5+. The molecule has 23 heavy (non-hydrogen) atoms. The van der Waals surface area contributed by atoms with Crippen molar-refractivity contribution in [1.29, 1.82) is 0 Å². The average Bonchev–Trinajstić information content (AvgIpc) is 2.90. The smallest absolute Gasteiger partial charge is 0.246 e. The van der Waals surface area contributed by atoms with Crippen LogP contribution >= 0.6 is 22.9 Å². The van der Waals surface area contributed by atoms with Crippen LogP contribution in [0.4, 0.5) is 5.69 Å². The lowest BCUT2D eigenvalue weighted by atomic mass is 10.2. The Hall–Kier alpha value is -2.11. The van der Waals surface area contributed by atoms with Crippen molar-refractivity contribution in [2.75, 3.05) is 12.4 Å². The molecule has 0 fully saturated rings. The maximum absolute atomic E-state index is 12.1. The third-order valence-electron chi connectivity index (χ3n) is 3.05. The van der Waals surface area contributed by atoms with E-state index in [4.69, 9.17) is 11.6 Å². The van der Waals surface area contributed by atoms with Gasteiger partial charge in [-0.05, 0) is 35.9 Å². The number of hydrogen-bond donors (Lipinski definition) is 1. The highest BCUT2D eigenvalue weighted by molar-refractivity contribution is 7.16. The molecule has 0 aliphatic heterocycles. The van der Waals surface area contributed by atoms with Gasteiger partial charge in [-0.2, -0.15) is 0 Å². The van der Waals surface area contributed by atoms with Gasteiger partial charge in [-0.15, -0.1) is 11.3 Å². The molecule has 120 valence electrons. The van der Waals surface area contributed by atoms with E-state index in [9.17, 15) is 9.59 Å².